The van der Waals surface area contributed by atoms with Crippen LogP contribution in [-0.4, -0.2) is 29.6 Å². The Morgan fingerprint density at radius 2 is 2.10 bits per heavy atom. The fourth-order valence-corrected chi connectivity index (χ4v) is 4.43. The molecule has 1 heterocycles. The number of anilines is 1. The van der Waals surface area contributed by atoms with Crippen LogP contribution in [0.5, 0.6) is 5.75 Å². The van der Waals surface area contributed by atoms with Gasteiger partial charge < -0.3 is 10.1 Å². The van der Waals surface area contributed by atoms with Crippen molar-refractivity contribution in [2.75, 3.05) is 18.7 Å². The van der Waals surface area contributed by atoms with Gasteiger partial charge in [0, 0.05) is 11.3 Å². The van der Waals surface area contributed by atoms with E-state index in [1.54, 1.807) is 18.4 Å². The number of fused-ring (bicyclic) bond motifs is 1. The molecule has 1 fully saturated rings. The highest BCUT2D eigenvalue weighted by molar-refractivity contribution is 7.99. The molecule has 1 aromatic carbocycles. The monoisotopic (exact) mass is 308 g/mol. The molecule has 20 heavy (non-hydrogen) atoms. The molecule has 1 aromatic heterocycles. The van der Waals surface area contributed by atoms with Gasteiger partial charge in [-0.25, -0.2) is 4.98 Å². The van der Waals surface area contributed by atoms with Gasteiger partial charge in [0.2, 0.25) is 0 Å². The van der Waals surface area contributed by atoms with Gasteiger partial charge in [-0.15, -0.1) is 0 Å². The van der Waals surface area contributed by atoms with Gasteiger partial charge in [-0.05, 0) is 50.1 Å². The lowest BCUT2D eigenvalue weighted by Gasteiger charge is -2.27. The number of nitrogens with one attached hydrogen (secondary N) is 1. The second-order valence-electron chi connectivity index (χ2n) is 5.21. The van der Waals surface area contributed by atoms with Crippen molar-refractivity contribution < 1.29 is 4.74 Å². The number of thiazole rings is 1. The number of thioether (sulfide) groups is 1. The molecule has 0 bridgehead atoms. The summed E-state index contributed by atoms with van der Waals surface area (Å²) >= 11 is 3.73. The zero-order valence-electron chi connectivity index (χ0n) is 11.9. The van der Waals surface area contributed by atoms with E-state index in [4.69, 9.17) is 4.74 Å². The zero-order valence-corrected chi connectivity index (χ0v) is 13.5. The smallest absolute Gasteiger partial charge is 0.184 e. The van der Waals surface area contributed by atoms with Crippen molar-refractivity contribution in [1.82, 2.24) is 4.98 Å². The second kappa shape index (κ2) is 6.22. The minimum atomic E-state index is 0.584. The van der Waals surface area contributed by atoms with Gasteiger partial charge in [-0.1, -0.05) is 11.3 Å². The lowest BCUT2D eigenvalue weighted by atomic mass is 9.95. The minimum Gasteiger partial charge on any atom is -0.497 e. The number of hydrogen-bond donors (Lipinski definition) is 1. The highest BCUT2D eigenvalue weighted by atomic mass is 32.2. The number of benzene rings is 1. The molecule has 3 rings (SSSR count). The van der Waals surface area contributed by atoms with Crippen molar-refractivity contribution in [3.8, 4) is 5.75 Å². The lowest BCUT2D eigenvalue weighted by molar-refractivity contribution is 0.415. The zero-order chi connectivity index (χ0) is 13.9. The Morgan fingerprint density at radius 1 is 1.30 bits per heavy atom. The van der Waals surface area contributed by atoms with Crippen molar-refractivity contribution >= 4 is 38.4 Å². The van der Waals surface area contributed by atoms with Crippen LogP contribution in [0.15, 0.2) is 18.2 Å². The van der Waals surface area contributed by atoms with Crippen molar-refractivity contribution in [3.63, 3.8) is 0 Å². The van der Waals surface area contributed by atoms with Crippen LogP contribution in [0.25, 0.3) is 10.2 Å². The third-order valence-electron chi connectivity index (χ3n) is 3.93. The molecule has 0 unspecified atom stereocenters. The molecule has 0 spiro atoms. The SMILES string of the molecule is COc1ccc2nc(NC3CCC(SC)CC3)sc2c1. The Kier molecular flexibility index (Phi) is 4.36. The maximum absolute atomic E-state index is 5.26. The lowest BCUT2D eigenvalue weighted by Crippen LogP contribution is -2.26. The summed E-state index contributed by atoms with van der Waals surface area (Å²) in [4.78, 5) is 4.67. The molecule has 0 aliphatic heterocycles. The Balaban J connectivity index is 1.68. The summed E-state index contributed by atoms with van der Waals surface area (Å²) in [6.07, 6.45) is 7.37. The topological polar surface area (TPSA) is 34.1 Å². The van der Waals surface area contributed by atoms with Crippen molar-refractivity contribution in [1.29, 1.82) is 0 Å². The maximum atomic E-state index is 5.26. The molecule has 1 saturated carbocycles. The van der Waals surface area contributed by atoms with E-state index in [2.05, 4.69) is 22.6 Å². The predicted molar refractivity (Wildman–Crippen MR) is 89.4 cm³/mol. The first-order chi connectivity index (χ1) is 9.78. The van der Waals surface area contributed by atoms with Crippen LogP contribution in [0.3, 0.4) is 0 Å². The van der Waals surface area contributed by atoms with Crippen LogP contribution in [0, 0.1) is 0 Å². The average molecular weight is 308 g/mol. The fraction of sp³-hybridized carbons (Fsp3) is 0.533. The summed E-state index contributed by atoms with van der Waals surface area (Å²) < 4.78 is 6.45. The Labute approximate surface area is 128 Å². The summed E-state index contributed by atoms with van der Waals surface area (Å²) in [5, 5.41) is 5.51. The first kappa shape index (κ1) is 14.0. The largest absolute Gasteiger partial charge is 0.497 e. The van der Waals surface area contributed by atoms with Crippen LogP contribution < -0.4 is 10.1 Å². The number of rotatable bonds is 4. The minimum absolute atomic E-state index is 0.584. The predicted octanol–water partition coefficient (Wildman–Crippen LogP) is 4.39. The van der Waals surface area contributed by atoms with Gasteiger partial charge in [0.25, 0.3) is 0 Å². The quantitative estimate of drug-likeness (QED) is 0.908. The molecule has 0 saturated heterocycles. The van der Waals surface area contributed by atoms with E-state index in [0.717, 1.165) is 21.6 Å². The Bertz CT molecular complexity index is 576. The number of hydrogen-bond acceptors (Lipinski definition) is 5. The standard InChI is InChI=1S/C15H20N2OS2/c1-18-11-5-8-13-14(9-11)20-15(17-13)16-10-3-6-12(19-2)7-4-10/h5,8-10,12H,3-4,6-7H2,1-2H3,(H,16,17). The molecule has 1 aliphatic rings. The van der Waals surface area contributed by atoms with E-state index in [1.807, 2.05) is 23.9 Å². The number of ether oxygens (including phenoxy) is 1. The van der Waals surface area contributed by atoms with Crippen molar-refractivity contribution in [2.24, 2.45) is 0 Å². The fourth-order valence-electron chi connectivity index (χ4n) is 2.71. The van der Waals surface area contributed by atoms with Gasteiger partial charge in [0.1, 0.15) is 5.75 Å². The molecule has 1 aliphatic carbocycles. The molecule has 108 valence electrons. The normalized spacial score (nSPS) is 22.9. The summed E-state index contributed by atoms with van der Waals surface area (Å²) in [5.74, 6) is 0.896. The van der Waals surface area contributed by atoms with E-state index in [9.17, 15) is 0 Å². The van der Waals surface area contributed by atoms with E-state index in [-0.39, 0.29) is 0 Å². The van der Waals surface area contributed by atoms with Gasteiger partial charge in [0.05, 0.1) is 17.3 Å². The Morgan fingerprint density at radius 3 is 2.80 bits per heavy atom. The molecule has 0 amide bonds. The number of aromatic nitrogens is 1. The van der Waals surface area contributed by atoms with Crippen LogP contribution in [0.1, 0.15) is 25.7 Å². The molecular weight excluding hydrogens is 288 g/mol. The van der Waals surface area contributed by atoms with Gasteiger partial charge in [-0.2, -0.15) is 11.8 Å². The number of nitrogens with zero attached hydrogens (tertiary/aromatic N) is 1. The summed E-state index contributed by atoms with van der Waals surface area (Å²) in [7, 11) is 1.70. The molecule has 1 N–H and O–H groups in total. The van der Waals surface area contributed by atoms with E-state index < -0.39 is 0 Å². The van der Waals surface area contributed by atoms with Gasteiger partial charge in [-0.3, -0.25) is 0 Å². The van der Waals surface area contributed by atoms with Crippen LogP contribution in [0.2, 0.25) is 0 Å². The summed E-state index contributed by atoms with van der Waals surface area (Å²) in [6, 6.07) is 6.64. The molecule has 0 radical (unpaired) electrons. The first-order valence-electron chi connectivity index (χ1n) is 7.02. The molecule has 3 nitrogen and oxygen atoms in total. The average Bonchev–Trinajstić information content (AvgIpc) is 2.89. The maximum Gasteiger partial charge on any atom is 0.184 e. The van der Waals surface area contributed by atoms with Crippen molar-refractivity contribution in [3.05, 3.63) is 18.2 Å². The van der Waals surface area contributed by atoms with Gasteiger partial charge >= 0.3 is 0 Å². The summed E-state index contributed by atoms with van der Waals surface area (Å²) in [6.45, 7) is 0. The first-order valence-corrected chi connectivity index (χ1v) is 9.13. The Hall–Kier alpha value is -0.940. The second-order valence-corrected chi connectivity index (χ2v) is 7.38. The highest BCUT2D eigenvalue weighted by Crippen LogP contribution is 2.32. The van der Waals surface area contributed by atoms with E-state index in [0.29, 0.717) is 6.04 Å². The third-order valence-corrected chi connectivity index (χ3v) is 6.02. The van der Waals surface area contributed by atoms with E-state index in [1.165, 1.54) is 30.4 Å². The molecular formula is C15H20N2OS2. The number of methoxy groups -OCH3 is 1. The van der Waals surface area contributed by atoms with Crippen LogP contribution >= 0.6 is 23.1 Å². The molecule has 5 heteroatoms. The van der Waals surface area contributed by atoms with Crippen LogP contribution in [0.4, 0.5) is 5.13 Å². The van der Waals surface area contributed by atoms with Crippen LogP contribution in [-0.2, 0) is 0 Å². The summed E-state index contributed by atoms with van der Waals surface area (Å²) in [5.41, 5.74) is 1.05. The molecule has 0 atom stereocenters. The van der Waals surface area contributed by atoms with E-state index >= 15 is 0 Å². The van der Waals surface area contributed by atoms with Crippen molar-refractivity contribution in [2.45, 2.75) is 37.0 Å². The highest BCUT2D eigenvalue weighted by Gasteiger charge is 2.21. The molecule has 2 aromatic rings. The third kappa shape index (κ3) is 3.04. The van der Waals surface area contributed by atoms with Gasteiger partial charge in [0.15, 0.2) is 5.13 Å².